The Morgan fingerprint density at radius 3 is 2.31 bits per heavy atom. The highest BCUT2D eigenvalue weighted by Crippen LogP contribution is 2.37. The summed E-state index contributed by atoms with van der Waals surface area (Å²) in [5.74, 6) is -4.73. The molecule has 0 fully saturated rings. The van der Waals surface area contributed by atoms with Crippen LogP contribution in [0.15, 0.2) is 36.5 Å². The Kier molecular flexibility index (Phi) is 6.68. The molecule has 12 heteroatoms. The lowest BCUT2D eigenvalue weighted by molar-refractivity contribution is 0.0977. The number of amides is 1. The first kappa shape index (κ1) is 23.8. The van der Waals surface area contributed by atoms with Crippen molar-refractivity contribution in [3.8, 4) is 22.8 Å². The number of aryl methyl sites for hydroxylation is 1. The highest BCUT2D eigenvalue weighted by Gasteiger charge is 2.20. The number of pyridine rings is 1. The number of aromatic nitrogens is 1. The predicted octanol–water partition coefficient (Wildman–Crippen LogP) is 5.26. The number of carbonyl (C=O) groups excluding carboxylic acids is 1. The molecule has 32 heavy (non-hydrogen) atoms. The maximum atomic E-state index is 14.5. The second kappa shape index (κ2) is 8.97. The van der Waals surface area contributed by atoms with E-state index in [1.807, 2.05) is 0 Å². The molecule has 3 aromatic rings. The summed E-state index contributed by atoms with van der Waals surface area (Å²) in [6.07, 6.45) is 2.03. The first-order valence-corrected chi connectivity index (χ1v) is 11.3. The molecule has 168 valence electrons. The highest BCUT2D eigenvalue weighted by atomic mass is 35.5. The minimum Gasteiger partial charge on any atom is -0.433 e. The number of nitrogens with one attached hydrogen (secondary N) is 1. The van der Waals surface area contributed by atoms with Crippen LogP contribution in [-0.2, 0) is 10.0 Å². The number of nitrogens with zero attached hydrogens (tertiary/aromatic N) is 1. The standard InChI is InChI=1S/C20H13Cl2F3N2O4S/c1-9-3-13(19(28)27-32(2,29)30)16(24)7-12(9)10-4-15(22)20(26-8-10)31-18-14(21)5-11(23)6-17(18)25/h3-8H,1-2H3,(H,27,28). The minimum absolute atomic E-state index is 0.0824. The average molecular weight is 505 g/mol. The normalized spacial score (nSPS) is 11.3. The van der Waals surface area contributed by atoms with Crippen molar-refractivity contribution in [3.05, 3.63) is 75.2 Å². The fourth-order valence-electron chi connectivity index (χ4n) is 2.76. The molecule has 2 aromatic carbocycles. The van der Waals surface area contributed by atoms with Crippen LogP contribution >= 0.6 is 23.2 Å². The van der Waals surface area contributed by atoms with Gasteiger partial charge in [0.15, 0.2) is 11.6 Å². The summed E-state index contributed by atoms with van der Waals surface area (Å²) in [7, 11) is -3.87. The molecule has 6 nitrogen and oxygen atoms in total. The van der Waals surface area contributed by atoms with E-state index in [2.05, 4.69) is 4.98 Å². The van der Waals surface area contributed by atoms with Gasteiger partial charge < -0.3 is 4.74 Å². The molecule has 0 aliphatic heterocycles. The summed E-state index contributed by atoms with van der Waals surface area (Å²) in [5, 5.41) is -0.411. The van der Waals surface area contributed by atoms with E-state index < -0.39 is 44.7 Å². The van der Waals surface area contributed by atoms with Crippen LogP contribution in [0.5, 0.6) is 11.6 Å². The van der Waals surface area contributed by atoms with Crippen LogP contribution in [-0.4, -0.2) is 25.6 Å². The molecule has 0 aliphatic carbocycles. The Morgan fingerprint density at radius 2 is 1.72 bits per heavy atom. The number of rotatable bonds is 5. The number of ether oxygens (including phenoxy) is 1. The second-order valence-electron chi connectivity index (χ2n) is 6.66. The molecule has 3 rings (SSSR count). The van der Waals surface area contributed by atoms with Crippen LogP contribution in [0.1, 0.15) is 15.9 Å². The van der Waals surface area contributed by atoms with Gasteiger partial charge >= 0.3 is 0 Å². The van der Waals surface area contributed by atoms with Crippen molar-refractivity contribution < 1.29 is 31.1 Å². The van der Waals surface area contributed by atoms with Gasteiger partial charge in [0.2, 0.25) is 15.9 Å². The van der Waals surface area contributed by atoms with Crippen LogP contribution in [0, 0.1) is 24.4 Å². The zero-order valence-electron chi connectivity index (χ0n) is 16.3. The lowest BCUT2D eigenvalue weighted by Crippen LogP contribution is -2.30. The lowest BCUT2D eigenvalue weighted by Gasteiger charge is -2.13. The Bertz CT molecular complexity index is 1330. The first-order valence-electron chi connectivity index (χ1n) is 8.66. The maximum absolute atomic E-state index is 14.5. The van der Waals surface area contributed by atoms with E-state index in [0.717, 1.165) is 18.4 Å². The fourth-order valence-corrected chi connectivity index (χ4v) is 3.65. The van der Waals surface area contributed by atoms with Crippen LogP contribution in [0.25, 0.3) is 11.1 Å². The van der Waals surface area contributed by atoms with Crippen molar-refractivity contribution in [2.24, 2.45) is 0 Å². The van der Waals surface area contributed by atoms with Gasteiger partial charge in [0.05, 0.1) is 16.8 Å². The highest BCUT2D eigenvalue weighted by molar-refractivity contribution is 7.89. The number of benzene rings is 2. The van der Waals surface area contributed by atoms with Crippen LogP contribution in [0.2, 0.25) is 10.0 Å². The van der Waals surface area contributed by atoms with Crippen LogP contribution < -0.4 is 9.46 Å². The maximum Gasteiger partial charge on any atom is 0.267 e. The van der Waals surface area contributed by atoms with E-state index in [9.17, 15) is 26.4 Å². The zero-order chi connectivity index (χ0) is 23.8. The molecule has 0 bridgehead atoms. The summed E-state index contributed by atoms with van der Waals surface area (Å²) >= 11 is 12.0. The third-order valence-electron chi connectivity index (χ3n) is 4.12. The molecule has 0 saturated carbocycles. The Balaban J connectivity index is 1.94. The van der Waals surface area contributed by atoms with E-state index in [0.29, 0.717) is 22.8 Å². The van der Waals surface area contributed by atoms with Gasteiger partial charge in [-0.25, -0.2) is 31.3 Å². The number of halogens is 5. The molecular formula is C20H13Cl2F3N2O4S. The van der Waals surface area contributed by atoms with Crippen molar-refractivity contribution in [3.63, 3.8) is 0 Å². The molecule has 1 N–H and O–H groups in total. The SMILES string of the molecule is Cc1cc(C(=O)NS(C)(=O)=O)c(F)cc1-c1cnc(Oc2c(F)cc(F)cc2Cl)c(Cl)c1. The van der Waals surface area contributed by atoms with Crippen LogP contribution in [0.3, 0.4) is 0 Å². The second-order valence-corrected chi connectivity index (χ2v) is 9.22. The molecule has 1 amide bonds. The van der Waals surface area contributed by atoms with Crippen molar-refractivity contribution in [2.75, 3.05) is 6.26 Å². The van der Waals surface area contributed by atoms with Gasteiger partial charge in [-0.15, -0.1) is 0 Å². The molecule has 1 aromatic heterocycles. The van der Waals surface area contributed by atoms with Crippen molar-refractivity contribution >= 4 is 39.1 Å². The van der Waals surface area contributed by atoms with Crippen molar-refractivity contribution in [1.82, 2.24) is 9.71 Å². The number of sulfonamides is 1. The summed E-state index contributed by atoms with van der Waals surface area (Å²) in [6, 6.07) is 5.00. The van der Waals surface area contributed by atoms with Gasteiger partial charge in [0.1, 0.15) is 16.7 Å². The van der Waals surface area contributed by atoms with Crippen LogP contribution in [0.4, 0.5) is 13.2 Å². The molecular weight excluding hydrogens is 492 g/mol. The first-order chi connectivity index (χ1) is 14.9. The smallest absolute Gasteiger partial charge is 0.267 e. The van der Waals surface area contributed by atoms with E-state index in [1.165, 1.54) is 18.3 Å². The quantitative estimate of drug-likeness (QED) is 0.511. The summed E-state index contributed by atoms with van der Waals surface area (Å²) in [6.45, 7) is 1.57. The molecule has 0 spiro atoms. The minimum atomic E-state index is -3.87. The van der Waals surface area contributed by atoms with Gasteiger partial charge in [0, 0.05) is 17.8 Å². The molecule has 1 heterocycles. The van der Waals surface area contributed by atoms with Gasteiger partial charge in [-0.1, -0.05) is 23.2 Å². The molecule has 0 saturated heterocycles. The third-order valence-corrected chi connectivity index (χ3v) is 5.22. The number of hydrogen-bond acceptors (Lipinski definition) is 5. The Morgan fingerprint density at radius 1 is 1.03 bits per heavy atom. The fraction of sp³-hybridized carbons (Fsp3) is 0.100. The van der Waals surface area contributed by atoms with Gasteiger partial charge in [-0.05, 0) is 42.3 Å². The predicted molar refractivity (Wildman–Crippen MR) is 113 cm³/mol. The van der Waals surface area contributed by atoms with Gasteiger partial charge in [-0.2, -0.15) is 0 Å². The topological polar surface area (TPSA) is 85.4 Å². The van der Waals surface area contributed by atoms with E-state index in [1.54, 1.807) is 11.6 Å². The molecule has 0 radical (unpaired) electrons. The monoisotopic (exact) mass is 504 g/mol. The zero-order valence-corrected chi connectivity index (χ0v) is 18.7. The van der Waals surface area contributed by atoms with Crippen molar-refractivity contribution in [1.29, 1.82) is 0 Å². The van der Waals surface area contributed by atoms with E-state index in [-0.39, 0.29) is 15.9 Å². The van der Waals surface area contributed by atoms with Gasteiger partial charge in [-0.3, -0.25) is 4.79 Å². The molecule has 0 aliphatic rings. The summed E-state index contributed by atoms with van der Waals surface area (Å²) in [4.78, 5) is 16.0. The lowest BCUT2D eigenvalue weighted by atomic mass is 9.99. The Hall–Kier alpha value is -2.82. The number of hydrogen-bond donors (Lipinski definition) is 1. The summed E-state index contributed by atoms with van der Waals surface area (Å²) < 4.78 is 71.0. The number of carbonyl (C=O) groups is 1. The molecule has 0 atom stereocenters. The van der Waals surface area contributed by atoms with E-state index >= 15 is 0 Å². The summed E-state index contributed by atoms with van der Waals surface area (Å²) in [5.41, 5.74) is 0.603. The average Bonchev–Trinajstić information content (AvgIpc) is 2.65. The molecule has 0 unspecified atom stereocenters. The van der Waals surface area contributed by atoms with E-state index in [4.69, 9.17) is 27.9 Å². The van der Waals surface area contributed by atoms with Crippen molar-refractivity contribution in [2.45, 2.75) is 6.92 Å². The third kappa shape index (κ3) is 5.32. The van der Waals surface area contributed by atoms with Gasteiger partial charge in [0.25, 0.3) is 5.91 Å². The Labute approximate surface area is 191 Å². The largest absolute Gasteiger partial charge is 0.433 e.